The van der Waals surface area contributed by atoms with E-state index in [1.54, 1.807) is 22.7 Å². The molecule has 1 fully saturated rings. The van der Waals surface area contributed by atoms with Gasteiger partial charge < -0.3 is 9.64 Å². The van der Waals surface area contributed by atoms with Crippen molar-refractivity contribution in [3.8, 4) is 0 Å². The highest BCUT2D eigenvalue weighted by atomic mass is 32.1. The second-order valence-corrected chi connectivity index (χ2v) is 6.25. The fourth-order valence-electron chi connectivity index (χ4n) is 2.14. The van der Waals surface area contributed by atoms with Crippen LogP contribution in [0.4, 0.5) is 0 Å². The highest BCUT2D eigenvalue weighted by Crippen LogP contribution is 2.25. The van der Waals surface area contributed by atoms with E-state index < -0.39 is 0 Å². The molecule has 20 heavy (non-hydrogen) atoms. The number of carbonyl (C=O) groups excluding carboxylic acids is 1. The van der Waals surface area contributed by atoms with Crippen molar-refractivity contribution in [3.63, 3.8) is 0 Å². The van der Waals surface area contributed by atoms with Crippen LogP contribution in [0, 0.1) is 0 Å². The topological polar surface area (TPSA) is 29.5 Å². The minimum Gasteiger partial charge on any atom is -0.378 e. The average molecular weight is 305 g/mol. The van der Waals surface area contributed by atoms with Crippen LogP contribution in [0.5, 0.6) is 0 Å². The van der Waals surface area contributed by atoms with Gasteiger partial charge in [-0.25, -0.2) is 0 Å². The summed E-state index contributed by atoms with van der Waals surface area (Å²) in [5, 5.41) is 6.05. The number of hydrogen-bond acceptors (Lipinski definition) is 4. The van der Waals surface area contributed by atoms with Crippen LogP contribution in [0.25, 0.3) is 11.6 Å². The number of rotatable bonds is 3. The number of hydrogen-bond donors (Lipinski definition) is 0. The van der Waals surface area contributed by atoms with E-state index in [2.05, 4.69) is 0 Å². The monoisotopic (exact) mass is 305 g/mol. The fraction of sp³-hybridized carbons (Fsp3) is 0.267. The molecule has 0 saturated carbocycles. The van der Waals surface area contributed by atoms with Crippen molar-refractivity contribution in [1.29, 1.82) is 0 Å². The van der Waals surface area contributed by atoms with Gasteiger partial charge in [0.15, 0.2) is 0 Å². The maximum atomic E-state index is 12.7. The number of nitrogens with zero attached hydrogens (tertiary/aromatic N) is 1. The maximum Gasteiger partial charge on any atom is 0.254 e. The Kier molecular flexibility index (Phi) is 4.30. The van der Waals surface area contributed by atoms with Crippen LogP contribution in [-0.4, -0.2) is 37.1 Å². The van der Waals surface area contributed by atoms with Gasteiger partial charge in [0.25, 0.3) is 5.91 Å². The van der Waals surface area contributed by atoms with Crippen LogP contribution < -0.4 is 0 Å². The summed E-state index contributed by atoms with van der Waals surface area (Å²) < 4.78 is 5.32. The second kappa shape index (κ2) is 6.35. The predicted molar refractivity (Wildman–Crippen MR) is 83.9 cm³/mol. The molecule has 3 heterocycles. The first-order valence-electron chi connectivity index (χ1n) is 6.49. The van der Waals surface area contributed by atoms with Crippen LogP contribution in [0.2, 0.25) is 0 Å². The first-order valence-corrected chi connectivity index (χ1v) is 8.31. The first kappa shape index (κ1) is 13.5. The quantitative estimate of drug-likeness (QED) is 0.815. The van der Waals surface area contributed by atoms with Gasteiger partial charge in [-0.05, 0) is 39.9 Å². The standard InChI is InChI=1S/C15H15NO2S2/c17-15(16-4-6-18-7-5-16)14(12-3-9-19-11-12)10-13-2-1-8-20-13/h1-3,8-11H,4-7H2/b14-10+. The molecule has 0 N–H and O–H groups in total. The third-order valence-electron chi connectivity index (χ3n) is 3.19. The fourth-order valence-corrected chi connectivity index (χ4v) is 3.45. The summed E-state index contributed by atoms with van der Waals surface area (Å²) in [5.41, 5.74) is 1.77. The summed E-state index contributed by atoms with van der Waals surface area (Å²) in [6.45, 7) is 2.60. The molecule has 2 aromatic heterocycles. The molecule has 104 valence electrons. The number of carbonyl (C=O) groups is 1. The van der Waals surface area contributed by atoms with E-state index in [1.165, 1.54) is 0 Å². The summed E-state index contributed by atoms with van der Waals surface area (Å²) in [6, 6.07) is 6.03. The summed E-state index contributed by atoms with van der Waals surface area (Å²) in [5.74, 6) is 0.0973. The summed E-state index contributed by atoms with van der Waals surface area (Å²) in [6.07, 6.45) is 1.99. The first-order chi connectivity index (χ1) is 9.84. The zero-order valence-corrected chi connectivity index (χ0v) is 12.6. The maximum absolute atomic E-state index is 12.7. The van der Waals surface area contributed by atoms with E-state index in [-0.39, 0.29) is 5.91 Å². The zero-order chi connectivity index (χ0) is 13.8. The van der Waals surface area contributed by atoms with Crippen LogP contribution in [0.15, 0.2) is 34.3 Å². The van der Waals surface area contributed by atoms with E-state index in [1.807, 2.05) is 45.3 Å². The van der Waals surface area contributed by atoms with Gasteiger partial charge in [0.05, 0.1) is 13.2 Å². The molecule has 1 saturated heterocycles. The van der Waals surface area contributed by atoms with E-state index in [9.17, 15) is 4.79 Å². The highest BCUT2D eigenvalue weighted by molar-refractivity contribution is 7.11. The lowest BCUT2D eigenvalue weighted by Gasteiger charge is -2.27. The molecule has 0 atom stereocenters. The predicted octanol–water partition coefficient (Wildman–Crippen LogP) is 3.21. The Morgan fingerprint density at radius 3 is 2.75 bits per heavy atom. The third-order valence-corrected chi connectivity index (χ3v) is 4.69. The van der Waals surface area contributed by atoms with E-state index in [0.717, 1.165) is 16.0 Å². The molecule has 2 aromatic rings. The van der Waals surface area contributed by atoms with Gasteiger partial charge in [-0.2, -0.15) is 11.3 Å². The minimum absolute atomic E-state index is 0.0973. The molecule has 0 radical (unpaired) electrons. The van der Waals surface area contributed by atoms with Gasteiger partial charge in [-0.1, -0.05) is 6.07 Å². The average Bonchev–Trinajstić information content (AvgIpc) is 3.18. The number of ether oxygens (including phenoxy) is 1. The van der Waals surface area contributed by atoms with Crippen molar-refractivity contribution >= 4 is 40.2 Å². The SMILES string of the molecule is O=C(/C(=C/c1cccs1)c1ccsc1)N1CCOCC1. The lowest BCUT2D eigenvalue weighted by Crippen LogP contribution is -2.41. The highest BCUT2D eigenvalue weighted by Gasteiger charge is 2.22. The Bertz CT molecular complexity index is 581. The van der Waals surface area contributed by atoms with Gasteiger partial charge in [-0.15, -0.1) is 11.3 Å². The van der Waals surface area contributed by atoms with Crippen molar-refractivity contribution in [2.75, 3.05) is 26.3 Å². The Morgan fingerprint density at radius 2 is 2.10 bits per heavy atom. The Morgan fingerprint density at radius 1 is 1.25 bits per heavy atom. The molecule has 1 amide bonds. The Labute approximate surface area is 126 Å². The van der Waals surface area contributed by atoms with Gasteiger partial charge in [-0.3, -0.25) is 4.79 Å². The lowest BCUT2D eigenvalue weighted by molar-refractivity contribution is -0.128. The second-order valence-electron chi connectivity index (χ2n) is 4.49. The van der Waals surface area contributed by atoms with Crippen molar-refractivity contribution in [3.05, 3.63) is 44.8 Å². The molecular formula is C15H15NO2S2. The van der Waals surface area contributed by atoms with Crippen molar-refractivity contribution in [2.24, 2.45) is 0 Å². The van der Waals surface area contributed by atoms with Crippen molar-refractivity contribution < 1.29 is 9.53 Å². The van der Waals surface area contributed by atoms with E-state index in [0.29, 0.717) is 26.3 Å². The summed E-state index contributed by atoms with van der Waals surface area (Å²) in [4.78, 5) is 15.7. The van der Waals surface area contributed by atoms with Crippen LogP contribution >= 0.6 is 22.7 Å². The number of amides is 1. The smallest absolute Gasteiger partial charge is 0.254 e. The summed E-state index contributed by atoms with van der Waals surface area (Å²) >= 11 is 3.26. The molecule has 3 rings (SSSR count). The van der Waals surface area contributed by atoms with E-state index >= 15 is 0 Å². The molecule has 3 nitrogen and oxygen atoms in total. The van der Waals surface area contributed by atoms with Gasteiger partial charge >= 0.3 is 0 Å². The molecule has 1 aliphatic rings. The number of morpholine rings is 1. The molecule has 0 spiro atoms. The lowest BCUT2D eigenvalue weighted by atomic mass is 10.1. The largest absolute Gasteiger partial charge is 0.378 e. The molecule has 1 aliphatic heterocycles. The Hall–Kier alpha value is -1.43. The molecular weight excluding hydrogens is 290 g/mol. The van der Waals surface area contributed by atoms with Crippen LogP contribution in [-0.2, 0) is 9.53 Å². The summed E-state index contributed by atoms with van der Waals surface area (Å²) in [7, 11) is 0. The van der Waals surface area contributed by atoms with Gasteiger partial charge in [0.1, 0.15) is 0 Å². The van der Waals surface area contributed by atoms with Crippen molar-refractivity contribution in [1.82, 2.24) is 4.90 Å². The molecule has 0 aliphatic carbocycles. The normalized spacial score (nSPS) is 16.4. The van der Waals surface area contributed by atoms with Gasteiger partial charge in [0, 0.05) is 23.5 Å². The molecule has 5 heteroatoms. The molecule has 0 aromatic carbocycles. The molecule has 0 unspecified atom stereocenters. The Balaban J connectivity index is 1.91. The minimum atomic E-state index is 0.0973. The van der Waals surface area contributed by atoms with Crippen LogP contribution in [0.3, 0.4) is 0 Å². The third kappa shape index (κ3) is 3.00. The number of thiophene rings is 2. The van der Waals surface area contributed by atoms with Gasteiger partial charge in [0.2, 0.25) is 0 Å². The zero-order valence-electron chi connectivity index (χ0n) is 11.0. The van der Waals surface area contributed by atoms with Crippen molar-refractivity contribution in [2.45, 2.75) is 0 Å². The van der Waals surface area contributed by atoms with Crippen LogP contribution in [0.1, 0.15) is 10.4 Å². The van der Waals surface area contributed by atoms with E-state index in [4.69, 9.17) is 4.74 Å². The molecule has 0 bridgehead atoms.